The predicted octanol–water partition coefficient (Wildman–Crippen LogP) is 2.98. The standard InChI is InChI=1S/C20H21N3O/c24-20-13-17-14-21-10-11-23(17)19-12-16(8-9-18(19)22-20)7-6-15-4-2-1-3-5-15/h1-9,12,17,21H,10-11,13-14H2,(H,22,24)/b7-6+. The number of amides is 1. The van der Waals surface area contributed by atoms with Crippen molar-refractivity contribution in [3.8, 4) is 0 Å². The van der Waals surface area contributed by atoms with E-state index in [9.17, 15) is 4.79 Å². The van der Waals surface area contributed by atoms with Gasteiger partial charge >= 0.3 is 0 Å². The van der Waals surface area contributed by atoms with Gasteiger partial charge in [-0.3, -0.25) is 4.79 Å². The quantitative estimate of drug-likeness (QED) is 0.837. The van der Waals surface area contributed by atoms with Gasteiger partial charge in [-0.15, -0.1) is 0 Å². The van der Waals surface area contributed by atoms with Gasteiger partial charge in [0.15, 0.2) is 0 Å². The number of hydrogen-bond acceptors (Lipinski definition) is 3. The molecule has 24 heavy (non-hydrogen) atoms. The zero-order valence-corrected chi connectivity index (χ0v) is 13.5. The Morgan fingerprint density at radius 1 is 1.04 bits per heavy atom. The summed E-state index contributed by atoms with van der Waals surface area (Å²) in [5, 5.41) is 6.44. The number of rotatable bonds is 2. The summed E-state index contributed by atoms with van der Waals surface area (Å²) < 4.78 is 0. The fourth-order valence-electron chi connectivity index (χ4n) is 3.43. The topological polar surface area (TPSA) is 44.4 Å². The fourth-order valence-corrected chi connectivity index (χ4v) is 3.43. The molecule has 1 saturated heterocycles. The van der Waals surface area contributed by atoms with Crippen LogP contribution in [0.1, 0.15) is 17.5 Å². The molecule has 0 aromatic heterocycles. The maximum Gasteiger partial charge on any atom is 0.226 e. The molecule has 2 heterocycles. The predicted molar refractivity (Wildman–Crippen MR) is 99.1 cm³/mol. The highest BCUT2D eigenvalue weighted by Crippen LogP contribution is 2.33. The first kappa shape index (κ1) is 15.0. The van der Waals surface area contributed by atoms with E-state index in [2.05, 4.69) is 52.0 Å². The Morgan fingerprint density at radius 3 is 2.75 bits per heavy atom. The van der Waals surface area contributed by atoms with Gasteiger partial charge in [0, 0.05) is 26.1 Å². The molecule has 4 nitrogen and oxygen atoms in total. The van der Waals surface area contributed by atoms with Crippen LogP contribution < -0.4 is 15.5 Å². The van der Waals surface area contributed by atoms with Crippen LogP contribution in [0.4, 0.5) is 11.4 Å². The van der Waals surface area contributed by atoms with Crippen LogP contribution >= 0.6 is 0 Å². The zero-order chi connectivity index (χ0) is 16.4. The molecule has 0 bridgehead atoms. The summed E-state index contributed by atoms with van der Waals surface area (Å²) in [5.74, 6) is 0.0972. The highest BCUT2D eigenvalue weighted by atomic mass is 16.1. The van der Waals surface area contributed by atoms with E-state index >= 15 is 0 Å². The Labute approximate surface area is 142 Å². The third-order valence-corrected chi connectivity index (χ3v) is 4.64. The molecule has 0 radical (unpaired) electrons. The van der Waals surface area contributed by atoms with E-state index in [0.717, 1.165) is 36.6 Å². The summed E-state index contributed by atoms with van der Waals surface area (Å²) >= 11 is 0. The van der Waals surface area contributed by atoms with Crippen molar-refractivity contribution in [2.24, 2.45) is 0 Å². The van der Waals surface area contributed by atoms with Gasteiger partial charge in [-0.2, -0.15) is 0 Å². The molecule has 2 aliphatic heterocycles. The van der Waals surface area contributed by atoms with Gasteiger partial charge in [0.2, 0.25) is 5.91 Å². The maximum absolute atomic E-state index is 12.1. The first-order chi connectivity index (χ1) is 11.8. The van der Waals surface area contributed by atoms with Gasteiger partial charge in [-0.25, -0.2) is 0 Å². The molecule has 4 rings (SSSR count). The minimum atomic E-state index is 0.0972. The smallest absolute Gasteiger partial charge is 0.226 e. The number of carbonyl (C=O) groups excluding carboxylic acids is 1. The van der Waals surface area contributed by atoms with Crippen molar-refractivity contribution in [2.45, 2.75) is 12.5 Å². The van der Waals surface area contributed by atoms with Crippen molar-refractivity contribution >= 4 is 29.4 Å². The van der Waals surface area contributed by atoms with Crippen molar-refractivity contribution in [1.29, 1.82) is 0 Å². The molecule has 2 aromatic rings. The second-order valence-corrected chi connectivity index (χ2v) is 6.32. The minimum Gasteiger partial charge on any atom is -0.364 e. The van der Waals surface area contributed by atoms with Crippen molar-refractivity contribution in [3.05, 3.63) is 59.7 Å². The average Bonchev–Trinajstić information content (AvgIpc) is 2.76. The van der Waals surface area contributed by atoms with Crippen LogP contribution in [0.25, 0.3) is 12.2 Å². The Bertz CT molecular complexity index is 770. The van der Waals surface area contributed by atoms with Crippen LogP contribution in [0.15, 0.2) is 48.5 Å². The Morgan fingerprint density at radius 2 is 1.88 bits per heavy atom. The summed E-state index contributed by atoms with van der Waals surface area (Å²) in [7, 11) is 0. The molecule has 1 atom stereocenters. The SMILES string of the molecule is O=C1CC2CNCCN2c2cc(/C=C/c3ccccc3)ccc2N1. The molecule has 1 unspecified atom stereocenters. The Kier molecular flexibility index (Phi) is 4.05. The minimum absolute atomic E-state index is 0.0972. The number of piperazine rings is 1. The van der Waals surface area contributed by atoms with Crippen molar-refractivity contribution in [1.82, 2.24) is 5.32 Å². The van der Waals surface area contributed by atoms with E-state index in [1.54, 1.807) is 0 Å². The third-order valence-electron chi connectivity index (χ3n) is 4.64. The molecule has 1 amide bonds. The summed E-state index contributed by atoms with van der Waals surface area (Å²) in [6.07, 6.45) is 4.78. The normalized spacial score (nSPS) is 20.2. The van der Waals surface area contributed by atoms with Crippen molar-refractivity contribution in [2.75, 3.05) is 29.9 Å². The van der Waals surface area contributed by atoms with E-state index in [0.29, 0.717) is 6.42 Å². The van der Waals surface area contributed by atoms with Gasteiger partial charge in [0.25, 0.3) is 0 Å². The zero-order valence-electron chi connectivity index (χ0n) is 13.5. The number of nitrogens with zero attached hydrogens (tertiary/aromatic N) is 1. The van der Waals surface area contributed by atoms with Gasteiger partial charge in [-0.1, -0.05) is 48.6 Å². The Balaban J connectivity index is 1.67. The Hall–Kier alpha value is -2.59. The molecule has 1 fully saturated rings. The highest BCUT2D eigenvalue weighted by molar-refractivity contribution is 5.97. The van der Waals surface area contributed by atoms with E-state index < -0.39 is 0 Å². The van der Waals surface area contributed by atoms with Crippen LogP contribution in [0, 0.1) is 0 Å². The monoisotopic (exact) mass is 319 g/mol. The summed E-state index contributed by atoms with van der Waals surface area (Å²) in [6, 6.07) is 16.8. The van der Waals surface area contributed by atoms with Crippen LogP contribution in [0.3, 0.4) is 0 Å². The van der Waals surface area contributed by atoms with E-state index in [1.165, 1.54) is 5.56 Å². The molecule has 4 heteroatoms. The summed E-state index contributed by atoms with van der Waals surface area (Å²) in [5.41, 5.74) is 4.37. The highest BCUT2D eigenvalue weighted by Gasteiger charge is 2.29. The lowest BCUT2D eigenvalue weighted by atomic mass is 10.1. The van der Waals surface area contributed by atoms with Gasteiger partial charge in [-0.05, 0) is 23.3 Å². The number of carbonyl (C=O) groups is 1. The van der Waals surface area contributed by atoms with Crippen LogP contribution in [0.5, 0.6) is 0 Å². The molecule has 2 aromatic carbocycles. The molecule has 122 valence electrons. The lowest BCUT2D eigenvalue weighted by molar-refractivity contribution is -0.116. The molecule has 2 N–H and O–H groups in total. The van der Waals surface area contributed by atoms with Crippen LogP contribution in [-0.4, -0.2) is 31.6 Å². The first-order valence-corrected chi connectivity index (χ1v) is 8.44. The second-order valence-electron chi connectivity index (χ2n) is 6.32. The lowest BCUT2D eigenvalue weighted by Gasteiger charge is -2.36. The van der Waals surface area contributed by atoms with Crippen molar-refractivity contribution < 1.29 is 4.79 Å². The number of anilines is 2. The van der Waals surface area contributed by atoms with Crippen LogP contribution in [0.2, 0.25) is 0 Å². The number of fused-ring (bicyclic) bond motifs is 3. The van der Waals surface area contributed by atoms with E-state index in [-0.39, 0.29) is 11.9 Å². The third kappa shape index (κ3) is 3.05. The average molecular weight is 319 g/mol. The second kappa shape index (κ2) is 6.49. The molecular formula is C20H21N3O. The molecule has 2 aliphatic rings. The van der Waals surface area contributed by atoms with Gasteiger partial charge in [0.1, 0.15) is 0 Å². The molecular weight excluding hydrogens is 298 g/mol. The largest absolute Gasteiger partial charge is 0.364 e. The maximum atomic E-state index is 12.1. The van der Waals surface area contributed by atoms with Crippen LogP contribution in [-0.2, 0) is 4.79 Å². The van der Waals surface area contributed by atoms with Gasteiger partial charge in [0.05, 0.1) is 17.4 Å². The molecule has 0 saturated carbocycles. The molecule has 0 spiro atoms. The number of benzene rings is 2. The summed E-state index contributed by atoms with van der Waals surface area (Å²) in [6.45, 7) is 2.74. The van der Waals surface area contributed by atoms with E-state index in [1.807, 2.05) is 24.3 Å². The molecule has 0 aliphatic carbocycles. The van der Waals surface area contributed by atoms with E-state index in [4.69, 9.17) is 0 Å². The first-order valence-electron chi connectivity index (χ1n) is 8.44. The van der Waals surface area contributed by atoms with Gasteiger partial charge < -0.3 is 15.5 Å². The van der Waals surface area contributed by atoms with Crippen molar-refractivity contribution in [3.63, 3.8) is 0 Å². The number of hydrogen-bond donors (Lipinski definition) is 2. The lowest BCUT2D eigenvalue weighted by Crippen LogP contribution is -2.51. The number of nitrogens with one attached hydrogen (secondary N) is 2. The summed E-state index contributed by atoms with van der Waals surface area (Å²) in [4.78, 5) is 14.5. The fraction of sp³-hybridized carbons (Fsp3) is 0.250.